The van der Waals surface area contributed by atoms with Crippen molar-refractivity contribution in [1.29, 1.82) is 0 Å². The number of ketones is 1. The van der Waals surface area contributed by atoms with Crippen molar-refractivity contribution in [1.82, 2.24) is 4.98 Å². The Morgan fingerprint density at radius 2 is 2.18 bits per heavy atom. The lowest BCUT2D eigenvalue weighted by atomic mass is 10.1. The van der Waals surface area contributed by atoms with E-state index < -0.39 is 5.82 Å². The lowest BCUT2D eigenvalue weighted by Gasteiger charge is -2.11. The Balaban J connectivity index is 2.05. The molecule has 0 amide bonds. The Morgan fingerprint density at radius 1 is 1.45 bits per heavy atom. The molecule has 1 N–H and O–H groups in total. The molecule has 2 aromatic rings. The molecule has 0 spiro atoms. The van der Waals surface area contributed by atoms with E-state index in [1.165, 1.54) is 13.0 Å². The maximum absolute atomic E-state index is 13.5. The molecule has 0 radical (unpaired) electrons. The van der Waals surface area contributed by atoms with E-state index in [0.717, 1.165) is 17.1 Å². The van der Waals surface area contributed by atoms with Gasteiger partial charge >= 0.3 is 0 Å². The maximum Gasteiger partial charge on any atom is 0.163 e. The molecule has 6 heteroatoms. The van der Waals surface area contributed by atoms with Crippen LogP contribution >= 0.6 is 22.9 Å². The number of hydrogen-bond acceptors (Lipinski definition) is 4. The molecule has 0 saturated heterocycles. The summed E-state index contributed by atoms with van der Waals surface area (Å²) in [5, 5.41) is 6.17. The summed E-state index contributed by atoms with van der Waals surface area (Å²) in [5.41, 5.74) is 1.76. The zero-order valence-corrected chi connectivity index (χ0v) is 14.3. The molecule has 1 aromatic heterocycles. The van der Waals surface area contributed by atoms with E-state index in [9.17, 15) is 9.18 Å². The third-order valence-electron chi connectivity index (χ3n) is 3.21. The van der Waals surface area contributed by atoms with E-state index in [1.54, 1.807) is 17.4 Å². The number of benzene rings is 1. The SMILES string of the molecule is CC(=O)c1c(NCCc2csc(C(C)C)n2)ccc(F)c1Cl. The molecular weight excluding hydrogens is 323 g/mol. The fraction of sp³-hybridized carbons (Fsp3) is 0.375. The van der Waals surface area contributed by atoms with Crippen LogP contribution in [0.25, 0.3) is 0 Å². The highest BCUT2D eigenvalue weighted by atomic mass is 35.5. The number of carbonyl (C=O) groups is 1. The standard InChI is InChI=1S/C16H18ClFN2OS/c1-9(2)16-20-11(8-22-16)6-7-19-13-5-4-12(18)15(17)14(13)10(3)21/h4-5,8-9,19H,6-7H2,1-3H3. The van der Waals surface area contributed by atoms with Gasteiger partial charge in [0.15, 0.2) is 5.78 Å². The maximum atomic E-state index is 13.5. The zero-order valence-electron chi connectivity index (χ0n) is 12.7. The second kappa shape index (κ2) is 7.20. The molecule has 0 atom stereocenters. The van der Waals surface area contributed by atoms with E-state index in [4.69, 9.17) is 11.6 Å². The Morgan fingerprint density at radius 3 is 2.77 bits per heavy atom. The first-order chi connectivity index (χ1) is 10.4. The molecule has 0 bridgehead atoms. The molecule has 1 aromatic carbocycles. The van der Waals surface area contributed by atoms with E-state index >= 15 is 0 Å². The number of nitrogens with zero attached hydrogens (tertiary/aromatic N) is 1. The molecule has 0 aliphatic heterocycles. The van der Waals surface area contributed by atoms with E-state index in [-0.39, 0.29) is 16.4 Å². The van der Waals surface area contributed by atoms with Crippen molar-refractivity contribution in [3.8, 4) is 0 Å². The van der Waals surface area contributed by atoms with Crippen LogP contribution in [0.4, 0.5) is 10.1 Å². The van der Waals surface area contributed by atoms with Crippen LogP contribution in [0.2, 0.25) is 5.02 Å². The van der Waals surface area contributed by atoms with Gasteiger partial charge in [-0.05, 0) is 19.1 Å². The Kier molecular flexibility index (Phi) is 5.53. The van der Waals surface area contributed by atoms with Crippen LogP contribution in [0.5, 0.6) is 0 Å². The van der Waals surface area contributed by atoms with Crippen molar-refractivity contribution in [3.63, 3.8) is 0 Å². The molecule has 118 valence electrons. The fourth-order valence-electron chi connectivity index (χ4n) is 2.07. The summed E-state index contributed by atoms with van der Waals surface area (Å²) < 4.78 is 13.5. The largest absolute Gasteiger partial charge is 0.384 e. The average molecular weight is 341 g/mol. The number of aromatic nitrogens is 1. The van der Waals surface area contributed by atoms with Gasteiger partial charge in [0.2, 0.25) is 0 Å². The summed E-state index contributed by atoms with van der Waals surface area (Å²) in [6, 6.07) is 2.80. The van der Waals surface area contributed by atoms with Crippen molar-refractivity contribution < 1.29 is 9.18 Å². The summed E-state index contributed by atoms with van der Waals surface area (Å²) in [4.78, 5) is 16.2. The lowest BCUT2D eigenvalue weighted by molar-refractivity contribution is 0.101. The summed E-state index contributed by atoms with van der Waals surface area (Å²) in [7, 11) is 0. The second-order valence-corrected chi connectivity index (χ2v) is 6.62. The molecular formula is C16H18ClFN2OS. The third kappa shape index (κ3) is 3.84. The van der Waals surface area contributed by atoms with Crippen molar-refractivity contribution in [2.45, 2.75) is 33.1 Å². The Hall–Kier alpha value is -1.46. The number of hydrogen-bond donors (Lipinski definition) is 1. The molecule has 0 aliphatic carbocycles. The number of halogens is 2. The monoisotopic (exact) mass is 340 g/mol. The van der Waals surface area contributed by atoms with Crippen LogP contribution in [0.1, 0.15) is 47.7 Å². The summed E-state index contributed by atoms with van der Waals surface area (Å²) in [6.07, 6.45) is 0.732. The van der Waals surface area contributed by atoms with Gasteiger partial charge in [-0.2, -0.15) is 0 Å². The first-order valence-electron chi connectivity index (χ1n) is 7.07. The van der Waals surface area contributed by atoms with Crippen LogP contribution in [0, 0.1) is 5.82 Å². The first-order valence-corrected chi connectivity index (χ1v) is 8.33. The van der Waals surface area contributed by atoms with Crippen molar-refractivity contribution >= 4 is 34.4 Å². The Bertz CT molecular complexity index is 685. The van der Waals surface area contributed by atoms with Crippen LogP contribution < -0.4 is 5.32 Å². The zero-order chi connectivity index (χ0) is 16.3. The molecule has 0 unspecified atom stereocenters. The molecule has 0 fully saturated rings. The highest BCUT2D eigenvalue weighted by molar-refractivity contribution is 7.09. The number of thiazole rings is 1. The topological polar surface area (TPSA) is 42.0 Å². The normalized spacial score (nSPS) is 11.0. The minimum atomic E-state index is -0.585. The minimum absolute atomic E-state index is 0.131. The van der Waals surface area contributed by atoms with Gasteiger partial charge < -0.3 is 5.32 Å². The first kappa shape index (κ1) is 16.9. The number of nitrogens with one attached hydrogen (secondary N) is 1. The summed E-state index contributed by atoms with van der Waals surface area (Å²) in [5.74, 6) is -0.423. The van der Waals surface area contributed by atoms with Crippen LogP contribution in [-0.2, 0) is 6.42 Å². The van der Waals surface area contributed by atoms with Gasteiger partial charge in [-0.15, -0.1) is 11.3 Å². The number of rotatable bonds is 6. The Labute approximate surface area is 138 Å². The highest BCUT2D eigenvalue weighted by Crippen LogP contribution is 2.28. The lowest BCUT2D eigenvalue weighted by Crippen LogP contribution is -2.10. The van der Waals surface area contributed by atoms with Gasteiger partial charge in [-0.1, -0.05) is 25.4 Å². The molecule has 22 heavy (non-hydrogen) atoms. The number of anilines is 1. The molecule has 2 rings (SSSR count). The molecule has 3 nitrogen and oxygen atoms in total. The van der Waals surface area contributed by atoms with Crippen molar-refractivity contribution in [2.24, 2.45) is 0 Å². The quantitative estimate of drug-likeness (QED) is 0.759. The van der Waals surface area contributed by atoms with E-state index in [2.05, 4.69) is 24.1 Å². The van der Waals surface area contributed by atoms with Gasteiger partial charge in [-0.3, -0.25) is 4.79 Å². The minimum Gasteiger partial charge on any atom is -0.384 e. The average Bonchev–Trinajstić information content (AvgIpc) is 2.91. The summed E-state index contributed by atoms with van der Waals surface area (Å²) >= 11 is 7.53. The van der Waals surface area contributed by atoms with Crippen molar-refractivity contribution in [3.05, 3.63) is 44.6 Å². The van der Waals surface area contributed by atoms with Crippen LogP contribution in [0.3, 0.4) is 0 Å². The van der Waals surface area contributed by atoms with Crippen molar-refractivity contribution in [2.75, 3.05) is 11.9 Å². The molecule has 0 saturated carbocycles. The predicted molar refractivity (Wildman–Crippen MR) is 89.8 cm³/mol. The van der Waals surface area contributed by atoms with E-state index in [0.29, 0.717) is 18.2 Å². The van der Waals surface area contributed by atoms with Crippen LogP contribution in [-0.4, -0.2) is 17.3 Å². The second-order valence-electron chi connectivity index (χ2n) is 5.35. The predicted octanol–water partition coefficient (Wildman–Crippen LogP) is 4.92. The number of Topliss-reactive ketones (excluding diaryl/α,β-unsaturated/α-hetero) is 1. The third-order valence-corrected chi connectivity index (χ3v) is 4.77. The van der Waals surface area contributed by atoms with Gasteiger partial charge in [0.25, 0.3) is 0 Å². The fourth-order valence-corrected chi connectivity index (χ4v) is 3.24. The van der Waals surface area contributed by atoms with Gasteiger partial charge in [0, 0.05) is 30.0 Å². The van der Waals surface area contributed by atoms with Gasteiger partial charge in [0.05, 0.1) is 21.3 Å². The van der Waals surface area contributed by atoms with Gasteiger partial charge in [0.1, 0.15) is 5.82 Å². The van der Waals surface area contributed by atoms with Crippen LogP contribution in [0.15, 0.2) is 17.5 Å². The van der Waals surface area contributed by atoms with Gasteiger partial charge in [-0.25, -0.2) is 9.37 Å². The van der Waals surface area contributed by atoms with E-state index in [1.807, 2.05) is 5.38 Å². The summed E-state index contributed by atoms with van der Waals surface area (Å²) in [6.45, 7) is 6.20. The highest BCUT2D eigenvalue weighted by Gasteiger charge is 2.15. The smallest absolute Gasteiger partial charge is 0.163 e. The number of carbonyl (C=O) groups excluding carboxylic acids is 1. The molecule has 1 heterocycles. The molecule has 0 aliphatic rings.